The molecule has 1 atom stereocenters. The van der Waals surface area contributed by atoms with Crippen molar-refractivity contribution >= 4 is 19.7 Å². The van der Waals surface area contributed by atoms with Crippen molar-refractivity contribution in [3.8, 4) is 0 Å². The minimum absolute atomic E-state index is 0.227. The summed E-state index contributed by atoms with van der Waals surface area (Å²) < 4.78 is 14.5. The zero-order valence-electron chi connectivity index (χ0n) is 9.59. The zero-order chi connectivity index (χ0) is 14.5. The molecule has 0 aliphatic rings. The Kier molecular flexibility index (Phi) is 5.20. The van der Waals surface area contributed by atoms with E-state index in [1.807, 2.05) is 0 Å². The topological polar surface area (TPSA) is 133 Å². The summed E-state index contributed by atoms with van der Waals surface area (Å²) in [6, 6.07) is 6.26. The van der Waals surface area contributed by atoms with Gasteiger partial charge in [0.05, 0.1) is 6.61 Å². The lowest BCUT2D eigenvalue weighted by molar-refractivity contribution is -0.140. The van der Waals surface area contributed by atoms with Gasteiger partial charge in [-0.2, -0.15) is 0 Å². The zero-order valence-corrected chi connectivity index (χ0v) is 10.5. The Labute approximate surface area is 108 Å². The van der Waals surface area contributed by atoms with E-state index in [0.29, 0.717) is 0 Å². The van der Waals surface area contributed by atoms with E-state index in [4.69, 9.17) is 14.9 Å². The molecule has 0 heterocycles. The highest BCUT2D eigenvalue weighted by Gasteiger charge is 2.25. The number of aliphatic carboxylic acids is 1. The molecular weight excluding hydrogens is 277 g/mol. The number of benzene rings is 1. The molecule has 8 nitrogen and oxygen atoms in total. The molecule has 9 heteroatoms. The summed E-state index contributed by atoms with van der Waals surface area (Å²) in [5.74, 6) is -2.14. The van der Waals surface area contributed by atoms with Gasteiger partial charge in [-0.15, -0.1) is 0 Å². The van der Waals surface area contributed by atoms with Gasteiger partial charge in [0.1, 0.15) is 0 Å². The van der Waals surface area contributed by atoms with Crippen molar-refractivity contribution in [1.82, 2.24) is 5.32 Å². The average Bonchev–Trinajstić information content (AvgIpc) is 2.33. The van der Waals surface area contributed by atoms with Crippen LogP contribution in [0.15, 0.2) is 30.3 Å². The van der Waals surface area contributed by atoms with Crippen LogP contribution in [-0.4, -0.2) is 39.4 Å². The SMILES string of the molecule is O=C(N[C@@H](COP(=O)(O)O)C(=O)O)c1ccccc1. The van der Waals surface area contributed by atoms with Crippen LogP contribution in [0, 0.1) is 0 Å². The lowest BCUT2D eigenvalue weighted by Gasteiger charge is -2.15. The highest BCUT2D eigenvalue weighted by molar-refractivity contribution is 7.46. The molecule has 0 bridgehead atoms. The van der Waals surface area contributed by atoms with Crippen LogP contribution >= 0.6 is 7.82 Å². The van der Waals surface area contributed by atoms with Gasteiger partial charge in [0.2, 0.25) is 0 Å². The lowest BCUT2D eigenvalue weighted by Crippen LogP contribution is -2.43. The number of carboxylic acid groups (broad SMARTS) is 1. The maximum atomic E-state index is 11.7. The van der Waals surface area contributed by atoms with Crippen LogP contribution in [0.25, 0.3) is 0 Å². The minimum atomic E-state index is -4.79. The summed E-state index contributed by atoms with van der Waals surface area (Å²) in [5.41, 5.74) is 0.227. The number of hydrogen-bond donors (Lipinski definition) is 4. The fraction of sp³-hybridized carbons (Fsp3) is 0.200. The lowest BCUT2D eigenvalue weighted by atomic mass is 10.2. The van der Waals surface area contributed by atoms with E-state index in [0.717, 1.165) is 0 Å². The first-order valence-corrected chi connectivity index (χ1v) is 6.61. The van der Waals surface area contributed by atoms with E-state index in [-0.39, 0.29) is 5.56 Å². The average molecular weight is 289 g/mol. The highest BCUT2D eigenvalue weighted by atomic mass is 31.2. The Morgan fingerprint density at radius 3 is 2.32 bits per heavy atom. The maximum absolute atomic E-state index is 11.7. The molecule has 104 valence electrons. The molecule has 1 aromatic carbocycles. The molecule has 0 aliphatic carbocycles. The van der Waals surface area contributed by atoms with Gasteiger partial charge in [0, 0.05) is 5.56 Å². The molecule has 0 saturated heterocycles. The second kappa shape index (κ2) is 6.44. The Bertz CT molecular complexity index is 498. The molecule has 0 aliphatic heterocycles. The van der Waals surface area contributed by atoms with Gasteiger partial charge in [-0.05, 0) is 12.1 Å². The molecule has 1 aromatic rings. The van der Waals surface area contributed by atoms with E-state index in [1.165, 1.54) is 12.1 Å². The largest absolute Gasteiger partial charge is 0.480 e. The van der Waals surface area contributed by atoms with Crippen molar-refractivity contribution in [1.29, 1.82) is 0 Å². The number of hydrogen-bond acceptors (Lipinski definition) is 4. The predicted octanol–water partition coefficient (Wildman–Crippen LogP) is -0.0211. The van der Waals surface area contributed by atoms with Crippen LogP contribution in [0.5, 0.6) is 0 Å². The van der Waals surface area contributed by atoms with Crippen LogP contribution in [0.2, 0.25) is 0 Å². The van der Waals surface area contributed by atoms with Crippen molar-refractivity contribution in [3.63, 3.8) is 0 Å². The number of amides is 1. The molecular formula is C10H12NO7P. The molecule has 0 aromatic heterocycles. The van der Waals surface area contributed by atoms with Gasteiger partial charge < -0.3 is 20.2 Å². The standard InChI is InChI=1S/C10H12NO7P/c12-9(7-4-2-1-3-5-7)11-8(10(13)14)6-18-19(15,16)17/h1-5,8H,6H2,(H,11,12)(H,13,14)(H2,15,16,17)/t8-/m0/s1. The van der Waals surface area contributed by atoms with Gasteiger partial charge in [-0.3, -0.25) is 9.32 Å². The number of phosphoric acid groups is 1. The van der Waals surface area contributed by atoms with Crippen molar-refractivity contribution in [2.45, 2.75) is 6.04 Å². The van der Waals surface area contributed by atoms with Crippen LogP contribution < -0.4 is 5.32 Å². The number of rotatable bonds is 6. The summed E-state index contributed by atoms with van der Waals surface area (Å²) in [7, 11) is -4.79. The number of carbonyl (C=O) groups excluding carboxylic acids is 1. The normalized spacial score (nSPS) is 12.7. The molecule has 19 heavy (non-hydrogen) atoms. The third kappa shape index (κ3) is 5.62. The molecule has 1 amide bonds. The molecule has 0 radical (unpaired) electrons. The Morgan fingerprint density at radius 1 is 1.26 bits per heavy atom. The van der Waals surface area contributed by atoms with E-state index in [9.17, 15) is 14.2 Å². The molecule has 1 rings (SSSR count). The predicted molar refractivity (Wildman–Crippen MR) is 63.3 cm³/mol. The van der Waals surface area contributed by atoms with Crippen molar-refractivity contribution < 1.29 is 33.6 Å². The van der Waals surface area contributed by atoms with Crippen LogP contribution in [0.3, 0.4) is 0 Å². The Balaban J connectivity index is 2.67. The minimum Gasteiger partial charge on any atom is -0.480 e. The first-order valence-electron chi connectivity index (χ1n) is 5.08. The van der Waals surface area contributed by atoms with E-state index < -0.39 is 32.3 Å². The number of nitrogens with one attached hydrogen (secondary N) is 1. The quantitative estimate of drug-likeness (QED) is 0.541. The van der Waals surface area contributed by atoms with Gasteiger partial charge in [0.25, 0.3) is 5.91 Å². The van der Waals surface area contributed by atoms with Crippen molar-refractivity contribution in [3.05, 3.63) is 35.9 Å². The molecule has 0 saturated carbocycles. The fourth-order valence-corrected chi connectivity index (χ4v) is 1.52. The second-order valence-electron chi connectivity index (χ2n) is 3.52. The third-order valence-corrected chi connectivity index (χ3v) is 2.53. The van der Waals surface area contributed by atoms with Crippen molar-refractivity contribution in [2.24, 2.45) is 0 Å². The first kappa shape index (κ1) is 15.3. The van der Waals surface area contributed by atoms with Gasteiger partial charge in [0.15, 0.2) is 6.04 Å². The number of carbonyl (C=O) groups is 2. The highest BCUT2D eigenvalue weighted by Crippen LogP contribution is 2.35. The van der Waals surface area contributed by atoms with Crippen LogP contribution in [-0.2, 0) is 13.9 Å². The van der Waals surface area contributed by atoms with Gasteiger partial charge >= 0.3 is 13.8 Å². The fourth-order valence-electron chi connectivity index (χ4n) is 1.18. The van der Waals surface area contributed by atoms with Crippen LogP contribution in [0.4, 0.5) is 0 Å². The van der Waals surface area contributed by atoms with E-state index >= 15 is 0 Å². The first-order chi connectivity index (χ1) is 8.79. The molecule has 0 spiro atoms. The molecule has 0 unspecified atom stereocenters. The summed E-state index contributed by atoms with van der Waals surface area (Å²) >= 11 is 0. The smallest absolute Gasteiger partial charge is 0.469 e. The van der Waals surface area contributed by atoms with Crippen molar-refractivity contribution in [2.75, 3.05) is 6.61 Å². The second-order valence-corrected chi connectivity index (χ2v) is 4.76. The number of phosphoric ester groups is 1. The van der Waals surface area contributed by atoms with Crippen LogP contribution in [0.1, 0.15) is 10.4 Å². The Hall–Kier alpha value is -1.73. The maximum Gasteiger partial charge on any atom is 0.469 e. The summed E-state index contributed by atoms with van der Waals surface area (Å²) in [5, 5.41) is 10.9. The van der Waals surface area contributed by atoms with E-state index in [1.54, 1.807) is 18.2 Å². The summed E-state index contributed by atoms with van der Waals surface area (Å²) in [4.78, 5) is 39.5. The third-order valence-electron chi connectivity index (χ3n) is 2.05. The monoisotopic (exact) mass is 289 g/mol. The van der Waals surface area contributed by atoms with Gasteiger partial charge in [-0.1, -0.05) is 18.2 Å². The summed E-state index contributed by atoms with van der Waals surface area (Å²) in [6.07, 6.45) is 0. The molecule has 4 N–H and O–H groups in total. The van der Waals surface area contributed by atoms with E-state index in [2.05, 4.69) is 9.84 Å². The summed E-state index contributed by atoms with van der Waals surface area (Å²) in [6.45, 7) is -0.835. The molecule has 0 fully saturated rings. The Morgan fingerprint density at radius 2 is 1.84 bits per heavy atom. The number of carboxylic acids is 1. The van der Waals surface area contributed by atoms with Gasteiger partial charge in [-0.25, -0.2) is 9.36 Å².